The third-order valence-corrected chi connectivity index (χ3v) is 12.1. The highest BCUT2D eigenvalue weighted by Gasteiger charge is 2.45. The van der Waals surface area contributed by atoms with Crippen LogP contribution >= 0.6 is 0 Å². The molecule has 3 nitrogen and oxygen atoms in total. The topological polar surface area (TPSA) is 33.6 Å². The molecular formula is C33H23N3Si. The first-order valence-corrected chi connectivity index (χ1v) is 14.4. The number of hydrogen-bond acceptors (Lipinski definition) is 1. The van der Waals surface area contributed by atoms with Crippen molar-refractivity contribution in [1.82, 2.24) is 8.80 Å². The fourth-order valence-corrected chi connectivity index (χ4v) is 10.9. The van der Waals surface area contributed by atoms with Gasteiger partial charge in [0.25, 0.3) is 8.24 Å². The van der Waals surface area contributed by atoms with Gasteiger partial charge in [0.1, 0.15) is 5.65 Å². The summed E-state index contributed by atoms with van der Waals surface area (Å²) < 4.78 is 4.36. The highest BCUT2D eigenvalue weighted by molar-refractivity contribution is 7.11. The van der Waals surface area contributed by atoms with Gasteiger partial charge in [-0.05, 0) is 27.7 Å². The largest absolute Gasteiger partial charge is 0.340 e. The van der Waals surface area contributed by atoms with Gasteiger partial charge in [-0.15, -0.1) is 0 Å². The molecule has 7 rings (SSSR count). The molecule has 0 aliphatic carbocycles. The first-order chi connectivity index (χ1) is 18.4. The van der Waals surface area contributed by atoms with Crippen LogP contribution < -0.4 is 15.6 Å². The average Bonchev–Trinajstić information content (AvgIpc) is 3.48. The van der Waals surface area contributed by atoms with Crippen molar-refractivity contribution in [2.75, 3.05) is 0 Å². The number of benzene rings is 5. The van der Waals surface area contributed by atoms with E-state index in [9.17, 15) is 5.26 Å². The van der Waals surface area contributed by atoms with Crippen LogP contribution in [0.3, 0.4) is 0 Å². The second-order valence-electron chi connectivity index (χ2n) is 9.31. The maximum atomic E-state index is 10.6. The van der Waals surface area contributed by atoms with Crippen LogP contribution in [0, 0.1) is 11.5 Å². The van der Waals surface area contributed by atoms with Crippen LogP contribution in [0.5, 0.6) is 0 Å². The van der Waals surface area contributed by atoms with E-state index in [-0.39, 0.29) is 0 Å². The van der Waals surface area contributed by atoms with Crippen LogP contribution in [-0.2, 0) is 0 Å². The molecule has 0 radical (unpaired) electrons. The molecule has 0 amide bonds. The zero-order valence-corrected chi connectivity index (χ0v) is 21.1. The van der Waals surface area contributed by atoms with E-state index in [0.717, 1.165) is 27.5 Å². The number of fused-ring (bicyclic) bond motifs is 5. The summed E-state index contributed by atoms with van der Waals surface area (Å²) in [7, 11) is -2.94. The number of nitrogens with zero attached hydrogens (tertiary/aromatic N) is 3. The predicted octanol–water partition coefficient (Wildman–Crippen LogP) is 5.59. The van der Waals surface area contributed by atoms with E-state index in [1.165, 1.54) is 20.9 Å². The molecule has 0 aliphatic rings. The Bertz CT molecular complexity index is 1830. The molecule has 2 heterocycles. The Labute approximate surface area is 216 Å². The van der Waals surface area contributed by atoms with E-state index in [4.69, 9.17) is 0 Å². The first kappa shape index (κ1) is 21.4. The number of hydrogen-bond donors (Lipinski definition) is 0. The molecular weight excluding hydrogens is 466 g/mol. The molecule has 4 heteroatoms. The molecule has 0 atom stereocenters. The first-order valence-electron chi connectivity index (χ1n) is 12.5. The van der Waals surface area contributed by atoms with E-state index in [0.29, 0.717) is 0 Å². The number of aromatic nitrogens is 2. The smallest absolute Gasteiger partial charge is 0.258 e. The summed E-state index contributed by atoms with van der Waals surface area (Å²) in [5.74, 6) is 0. The zero-order chi connectivity index (χ0) is 24.8. The van der Waals surface area contributed by atoms with Gasteiger partial charge in [0.2, 0.25) is 0 Å². The molecule has 0 unspecified atom stereocenters. The van der Waals surface area contributed by atoms with Crippen LogP contribution in [0.1, 0.15) is 0 Å². The maximum absolute atomic E-state index is 10.6. The normalized spacial score (nSPS) is 11.8. The Morgan fingerprint density at radius 2 is 0.892 bits per heavy atom. The third kappa shape index (κ3) is 2.92. The Morgan fingerprint density at radius 3 is 1.38 bits per heavy atom. The monoisotopic (exact) mass is 489 g/mol. The van der Waals surface area contributed by atoms with Crippen LogP contribution in [0.2, 0.25) is 0 Å². The van der Waals surface area contributed by atoms with Gasteiger partial charge in [0, 0.05) is 21.7 Å². The lowest BCUT2D eigenvalue weighted by molar-refractivity contribution is 1.13. The lowest BCUT2D eigenvalue weighted by atomic mass is 10.1. The van der Waals surface area contributed by atoms with Crippen LogP contribution in [0.4, 0.5) is 0 Å². The zero-order valence-electron chi connectivity index (χ0n) is 20.1. The van der Waals surface area contributed by atoms with Crippen molar-refractivity contribution in [3.8, 4) is 6.19 Å². The summed E-state index contributed by atoms with van der Waals surface area (Å²) in [5, 5.41) is 17.8. The SMILES string of the molecule is N#Cn1c2ccccc2c2c3ccccc3n([Si](c3ccccc3)(c3ccccc3)c3ccccc3)c21. The molecule has 0 spiro atoms. The van der Waals surface area contributed by atoms with E-state index in [1.807, 2.05) is 10.6 Å². The van der Waals surface area contributed by atoms with Gasteiger partial charge in [0.15, 0.2) is 6.19 Å². The summed E-state index contributed by atoms with van der Waals surface area (Å²) in [6.45, 7) is 0. The molecule has 7 aromatic rings. The minimum absolute atomic E-state index is 0.937. The molecule has 0 bridgehead atoms. The van der Waals surface area contributed by atoms with E-state index in [2.05, 4.69) is 144 Å². The van der Waals surface area contributed by atoms with Gasteiger partial charge in [-0.2, -0.15) is 5.26 Å². The summed E-state index contributed by atoms with van der Waals surface area (Å²) in [5.41, 5.74) is 3.03. The van der Waals surface area contributed by atoms with Gasteiger partial charge in [-0.25, -0.2) is 4.57 Å². The van der Waals surface area contributed by atoms with Crippen LogP contribution in [0.15, 0.2) is 140 Å². The fraction of sp³-hybridized carbons (Fsp3) is 0. The Balaban J connectivity index is 1.82. The summed E-state index contributed by atoms with van der Waals surface area (Å²) in [4.78, 5) is 0. The Morgan fingerprint density at radius 1 is 0.486 bits per heavy atom. The lowest BCUT2D eigenvalue weighted by Gasteiger charge is -2.36. The molecule has 0 saturated heterocycles. The summed E-state index contributed by atoms with van der Waals surface area (Å²) in [6.07, 6.45) is 2.54. The van der Waals surface area contributed by atoms with Crippen LogP contribution in [-0.4, -0.2) is 17.0 Å². The van der Waals surface area contributed by atoms with Crippen LogP contribution in [0.25, 0.3) is 32.8 Å². The number of rotatable bonds is 4. The lowest BCUT2D eigenvalue weighted by Crippen LogP contribution is -2.72. The Kier molecular flexibility index (Phi) is 4.85. The average molecular weight is 490 g/mol. The highest BCUT2D eigenvalue weighted by atomic mass is 28.3. The second-order valence-corrected chi connectivity index (χ2v) is 12.9. The molecule has 0 saturated carbocycles. The summed E-state index contributed by atoms with van der Waals surface area (Å²) in [6, 6.07) is 49.4. The second kappa shape index (κ2) is 8.37. The number of para-hydroxylation sites is 2. The highest BCUT2D eigenvalue weighted by Crippen LogP contribution is 2.38. The fourth-order valence-electron chi connectivity index (χ4n) is 6.06. The summed E-state index contributed by atoms with van der Waals surface area (Å²) >= 11 is 0. The Hall–Kier alpha value is -4.85. The predicted molar refractivity (Wildman–Crippen MR) is 155 cm³/mol. The van der Waals surface area contributed by atoms with Crippen molar-refractivity contribution in [2.45, 2.75) is 0 Å². The van der Waals surface area contributed by atoms with Crippen molar-refractivity contribution in [2.24, 2.45) is 0 Å². The maximum Gasteiger partial charge on any atom is 0.258 e. The molecule has 0 N–H and O–H groups in total. The molecule has 174 valence electrons. The minimum atomic E-state index is -2.94. The minimum Gasteiger partial charge on any atom is -0.340 e. The third-order valence-electron chi connectivity index (χ3n) is 7.49. The van der Waals surface area contributed by atoms with Crippen molar-refractivity contribution in [3.05, 3.63) is 140 Å². The van der Waals surface area contributed by atoms with Gasteiger partial charge in [0.05, 0.1) is 5.52 Å². The van der Waals surface area contributed by atoms with Gasteiger partial charge < -0.3 is 4.23 Å². The van der Waals surface area contributed by atoms with E-state index >= 15 is 0 Å². The van der Waals surface area contributed by atoms with Gasteiger partial charge in [-0.3, -0.25) is 0 Å². The van der Waals surface area contributed by atoms with Crippen molar-refractivity contribution >= 4 is 56.6 Å². The van der Waals surface area contributed by atoms with Gasteiger partial charge >= 0.3 is 0 Å². The van der Waals surface area contributed by atoms with Crippen molar-refractivity contribution in [1.29, 1.82) is 5.26 Å². The van der Waals surface area contributed by atoms with E-state index in [1.54, 1.807) is 0 Å². The molecule has 5 aromatic carbocycles. The van der Waals surface area contributed by atoms with E-state index < -0.39 is 8.24 Å². The molecule has 37 heavy (non-hydrogen) atoms. The molecule has 0 fully saturated rings. The quantitative estimate of drug-likeness (QED) is 0.234. The standard InChI is InChI=1S/C33H23N3Si/c34-24-35-30-22-12-10-20-28(30)32-29-21-11-13-23-31(29)36(33(32)35)37(25-14-4-1-5-15-25,26-16-6-2-7-17-26)27-18-8-3-9-19-27/h1-23H. The molecule has 0 aliphatic heterocycles. The number of nitriles is 1. The van der Waals surface area contributed by atoms with Crippen molar-refractivity contribution in [3.63, 3.8) is 0 Å². The molecule has 2 aromatic heterocycles. The van der Waals surface area contributed by atoms with Crippen molar-refractivity contribution < 1.29 is 0 Å². The van der Waals surface area contributed by atoms with Gasteiger partial charge in [-0.1, -0.05) is 127 Å².